The van der Waals surface area contributed by atoms with Crippen LogP contribution in [0.25, 0.3) is 6.08 Å². The van der Waals surface area contributed by atoms with E-state index in [1.807, 2.05) is 36.4 Å². The molecule has 1 unspecified atom stereocenters. The van der Waals surface area contributed by atoms with Crippen molar-refractivity contribution in [1.29, 1.82) is 0 Å². The van der Waals surface area contributed by atoms with Crippen molar-refractivity contribution in [3.63, 3.8) is 0 Å². The fourth-order valence-corrected chi connectivity index (χ4v) is 4.15. The number of anilines is 2. The molecule has 1 fully saturated rings. The summed E-state index contributed by atoms with van der Waals surface area (Å²) in [6, 6.07) is 9.31. The zero-order valence-corrected chi connectivity index (χ0v) is 17.7. The highest BCUT2D eigenvalue weighted by Gasteiger charge is 2.25. The highest BCUT2D eigenvalue weighted by atomic mass is 35.5. The Labute approximate surface area is 181 Å². The minimum atomic E-state index is -0.508. The van der Waals surface area contributed by atoms with Crippen molar-refractivity contribution in [2.45, 2.75) is 19.4 Å². The molecule has 0 aromatic heterocycles. The van der Waals surface area contributed by atoms with Crippen LogP contribution in [0.2, 0.25) is 5.02 Å². The lowest BCUT2D eigenvalue weighted by atomic mass is 9.94. The van der Waals surface area contributed by atoms with E-state index in [1.54, 1.807) is 13.0 Å². The van der Waals surface area contributed by atoms with Gasteiger partial charge in [-0.15, -0.1) is 0 Å². The summed E-state index contributed by atoms with van der Waals surface area (Å²) in [5, 5.41) is 17.8. The number of aromatic hydroxyl groups is 1. The monoisotopic (exact) mass is 427 g/mol. The van der Waals surface area contributed by atoms with Crippen molar-refractivity contribution in [2.24, 2.45) is 0 Å². The molecule has 30 heavy (non-hydrogen) atoms. The van der Waals surface area contributed by atoms with Crippen LogP contribution in [-0.4, -0.2) is 43.9 Å². The van der Waals surface area contributed by atoms with Crippen molar-refractivity contribution in [2.75, 3.05) is 43.1 Å². The summed E-state index contributed by atoms with van der Waals surface area (Å²) in [5.74, 6) is 0.00997. The number of carbonyl (C=O) groups is 1. The molecule has 2 aromatic carbocycles. The first kappa shape index (κ1) is 20.6. The highest BCUT2D eigenvalue weighted by Crippen LogP contribution is 2.43. The number of carbonyl (C=O) groups excluding carboxylic acids is 1. The lowest BCUT2D eigenvalue weighted by Gasteiger charge is -2.29. The number of nitrogens with one attached hydrogen (secondary N) is 2. The molecule has 0 spiro atoms. The molecule has 3 N–H and O–H groups in total. The maximum atomic E-state index is 12.3. The molecule has 158 valence electrons. The van der Waals surface area contributed by atoms with Gasteiger partial charge in [0.1, 0.15) is 5.75 Å². The van der Waals surface area contributed by atoms with Crippen LogP contribution in [0.5, 0.6) is 5.75 Å². The number of rotatable bonds is 5. The van der Waals surface area contributed by atoms with Gasteiger partial charge in [0.15, 0.2) is 0 Å². The average Bonchev–Trinajstić information content (AvgIpc) is 2.80. The molecule has 6 nitrogen and oxygen atoms in total. The first-order chi connectivity index (χ1) is 14.6. The average molecular weight is 428 g/mol. The number of benzene rings is 2. The maximum Gasteiger partial charge on any atom is 0.220 e. The number of phenols is 1. The third kappa shape index (κ3) is 4.11. The molecule has 0 aliphatic carbocycles. The molecule has 0 saturated carbocycles. The van der Waals surface area contributed by atoms with Gasteiger partial charge in [-0.05, 0) is 23.8 Å². The molecule has 7 heteroatoms. The number of nitrogens with zero attached hydrogens (tertiary/aromatic N) is 1. The van der Waals surface area contributed by atoms with E-state index in [4.69, 9.17) is 16.3 Å². The molecule has 0 radical (unpaired) electrons. The Balaban J connectivity index is 1.71. The largest absolute Gasteiger partial charge is 0.505 e. The standard InChI is InChI=1S/C23H26ClN3O3/c1-2-20(28)26-21(15-5-7-16(8-6-15)27-10-12-30-13-11-27)18-14-19(24)17-4-3-9-25-22(17)23(18)29/h3-8,14,21,25,29H,2,9-13H2,1H3,(H,26,28). The Morgan fingerprint density at radius 3 is 2.73 bits per heavy atom. The van der Waals surface area contributed by atoms with Gasteiger partial charge < -0.3 is 25.4 Å². The summed E-state index contributed by atoms with van der Waals surface area (Å²) >= 11 is 6.51. The Bertz CT molecular complexity index is 953. The van der Waals surface area contributed by atoms with Gasteiger partial charge in [0.05, 0.1) is 30.0 Å². The normalized spacial score (nSPS) is 16.5. The smallest absolute Gasteiger partial charge is 0.220 e. The molecule has 2 heterocycles. The van der Waals surface area contributed by atoms with Gasteiger partial charge in [0.2, 0.25) is 5.91 Å². The molecule has 2 aliphatic heterocycles. The summed E-state index contributed by atoms with van der Waals surface area (Å²) in [4.78, 5) is 14.6. The predicted octanol–water partition coefficient (Wildman–Crippen LogP) is 3.94. The predicted molar refractivity (Wildman–Crippen MR) is 120 cm³/mol. The van der Waals surface area contributed by atoms with E-state index in [-0.39, 0.29) is 11.7 Å². The van der Waals surface area contributed by atoms with Crippen LogP contribution in [0, 0.1) is 0 Å². The zero-order chi connectivity index (χ0) is 21.1. The van der Waals surface area contributed by atoms with Crippen LogP contribution in [-0.2, 0) is 9.53 Å². The fraction of sp³-hybridized carbons (Fsp3) is 0.348. The van der Waals surface area contributed by atoms with Crippen molar-refractivity contribution in [3.8, 4) is 5.75 Å². The minimum Gasteiger partial charge on any atom is -0.505 e. The highest BCUT2D eigenvalue weighted by molar-refractivity contribution is 6.33. The van der Waals surface area contributed by atoms with Gasteiger partial charge in [-0.1, -0.05) is 42.8 Å². The quantitative estimate of drug-likeness (QED) is 0.630. The van der Waals surface area contributed by atoms with E-state index in [0.29, 0.717) is 29.2 Å². The lowest BCUT2D eigenvalue weighted by Crippen LogP contribution is -2.36. The Morgan fingerprint density at radius 2 is 2.03 bits per heavy atom. The van der Waals surface area contributed by atoms with E-state index >= 15 is 0 Å². The van der Waals surface area contributed by atoms with Gasteiger partial charge in [-0.2, -0.15) is 0 Å². The van der Waals surface area contributed by atoms with Crippen molar-refractivity contribution >= 4 is 35.0 Å². The molecule has 4 rings (SSSR count). The molecule has 1 saturated heterocycles. The van der Waals surface area contributed by atoms with Gasteiger partial charge in [0.25, 0.3) is 0 Å². The number of halogens is 1. The Kier molecular flexibility index (Phi) is 6.16. The first-order valence-electron chi connectivity index (χ1n) is 10.3. The molecule has 2 aromatic rings. The van der Waals surface area contributed by atoms with Gasteiger partial charge in [-0.25, -0.2) is 0 Å². The Hall–Kier alpha value is -2.70. The number of fused-ring (bicyclic) bond motifs is 1. The topological polar surface area (TPSA) is 73.8 Å². The minimum absolute atomic E-state index is 0.0987. The summed E-state index contributed by atoms with van der Waals surface area (Å²) in [5.41, 5.74) is 3.92. The molecule has 0 bridgehead atoms. The van der Waals surface area contributed by atoms with Crippen LogP contribution >= 0.6 is 11.6 Å². The molecular formula is C23H26ClN3O3. The van der Waals surface area contributed by atoms with Crippen molar-refractivity contribution in [1.82, 2.24) is 5.32 Å². The Morgan fingerprint density at radius 1 is 1.30 bits per heavy atom. The molecular weight excluding hydrogens is 402 g/mol. The molecule has 1 atom stereocenters. The van der Waals surface area contributed by atoms with Crippen LogP contribution in [0.15, 0.2) is 36.4 Å². The molecule has 1 amide bonds. The fourth-order valence-electron chi connectivity index (χ4n) is 3.88. The van der Waals surface area contributed by atoms with Crippen molar-refractivity contribution in [3.05, 3.63) is 58.1 Å². The van der Waals surface area contributed by atoms with Crippen LogP contribution < -0.4 is 15.5 Å². The second kappa shape index (κ2) is 8.98. The number of phenolic OH excluding ortho intramolecular Hbond substituents is 1. The first-order valence-corrected chi connectivity index (χ1v) is 10.6. The van der Waals surface area contributed by atoms with E-state index in [0.717, 1.165) is 43.1 Å². The van der Waals surface area contributed by atoms with Gasteiger partial charge in [0, 0.05) is 42.9 Å². The third-order valence-corrected chi connectivity index (χ3v) is 5.85. The van der Waals surface area contributed by atoms with Gasteiger partial charge in [-0.3, -0.25) is 4.79 Å². The maximum absolute atomic E-state index is 12.3. The summed E-state index contributed by atoms with van der Waals surface area (Å²) in [6.07, 6.45) is 4.20. The number of hydrogen-bond acceptors (Lipinski definition) is 5. The van der Waals surface area contributed by atoms with E-state index < -0.39 is 6.04 Å². The van der Waals surface area contributed by atoms with Gasteiger partial charge >= 0.3 is 0 Å². The summed E-state index contributed by atoms with van der Waals surface area (Å²) in [7, 11) is 0. The van der Waals surface area contributed by atoms with Crippen molar-refractivity contribution < 1.29 is 14.6 Å². The number of morpholine rings is 1. The molecule has 2 aliphatic rings. The number of hydrogen-bond donors (Lipinski definition) is 3. The number of amides is 1. The van der Waals surface area contributed by atoms with Crippen LogP contribution in [0.1, 0.15) is 36.1 Å². The van der Waals surface area contributed by atoms with Crippen LogP contribution in [0.3, 0.4) is 0 Å². The van der Waals surface area contributed by atoms with E-state index in [9.17, 15) is 9.90 Å². The summed E-state index contributed by atoms with van der Waals surface area (Å²) in [6.45, 7) is 5.58. The lowest BCUT2D eigenvalue weighted by molar-refractivity contribution is -0.121. The third-order valence-electron chi connectivity index (χ3n) is 5.54. The SMILES string of the molecule is CCC(=O)NC(c1ccc(N2CCOCC2)cc1)c1cc(Cl)c2c(c1O)NCC=C2. The summed E-state index contributed by atoms with van der Waals surface area (Å²) < 4.78 is 5.43. The van der Waals surface area contributed by atoms with E-state index in [1.165, 1.54) is 0 Å². The number of ether oxygens (including phenoxy) is 1. The second-order valence-electron chi connectivity index (χ2n) is 7.41. The second-order valence-corrected chi connectivity index (χ2v) is 7.82. The zero-order valence-electron chi connectivity index (χ0n) is 17.0. The van der Waals surface area contributed by atoms with Crippen LogP contribution in [0.4, 0.5) is 11.4 Å². The van der Waals surface area contributed by atoms with E-state index in [2.05, 4.69) is 15.5 Å².